The van der Waals surface area contributed by atoms with Gasteiger partial charge in [-0.25, -0.2) is 5.43 Å². The number of rotatable bonds is 2. The van der Waals surface area contributed by atoms with E-state index in [1.54, 1.807) is 0 Å². The van der Waals surface area contributed by atoms with E-state index >= 15 is 0 Å². The highest BCUT2D eigenvalue weighted by atomic mass is 35.5. The topological polar surface area (TPSA) is 157 Å². The van der Waals surface area contributed by atoms with Gasteiger partial charge in [-0.05, 0) is 37.3 Å². The highest BCUT2D eigenvalue weighted by Gasteiger charge is 2.29. The van der Waals surface area contributed by atoms with Crippen molar-refractivity contribution in [3.63, 3.8) is 0 Å². The van der Waals surface area contributed by atoms with Crippen LogP contribution in [-0.4, -0.2) is 41.1 Å². The van der Waals surface area contributed by atoms with Crippen LogP contribution in [0.5, 0.6) is 0 Å². The number of aromatic amines is 1. The Morgan fingerprint density at radius 2 is 2.07 bits per heavy atom. The number of nitrogens with two attached hydrogens (primary N) is 1. The predicted octanol–water partition coefficient (Wildman–Crippen LogP) is 1.79. The fraction of sp³-hybridized carbons (Fsp3) is 0.312. The lowest BCUT2D eigenvalue weighted by Crippen LogP contribution is -2.29. The fourth-order valence-corrected chi connectivity index (χ4v) is 3.21. The van der Waals surface area contributed by atoms with Crippen LogP contribution in [0.15, 0.2) is 29.4 Å². The maximum atomic E-state index is 9.19. The van der Waals surface area contributed by atoms with Crippen LogP contribution in [0, 0.1) is 12.3 Å². The molecule has 1 heterocycles. The van der Waals surface area contributed by atoms with Crippen LogP contribution in [0.4, 0.5) is 0 Å². The first kappa shape index (κ1) is 20.9. The van der Waals surface area contributed by atoms with Gasteiger partial charge in [0, 0.05) is 16.3 Å². The molecule has 1 aromatic carbocycles. The summed E-state index contributed by atoms with van der Waals surface area (Å²) in [6, 6.07) is 7.85. The van der Waals surface area contributed by atoms with E-state index in [2.05, 4.69) is 20.7 Å². The first-order valence-corrected chi connectivity index (χ1v) is 10.2. The lowest BCUT2D eigenvalue weighted by atomic mass is 9.81. The van der Waals surface area contributed by atoms with Crippen molar-refractivity contribution < 1.29 is 13.0 Å². The van der Waals surface area contributed by atoms with Gasteiger partial charge in [0.2, 0.25) is 5.96 Å². The average Bonchev–Trinajstić information content (AvgIpc) is 2.93. The minimum absolute atomic E-state index is 0.185. The molecular formula is C16H21ClN6O3S. The normalized spacial score (nSPS) is 17.6. The number of guanidine groups is 1. The first-order valence-electron chi connectivity index (χ1n) is 7.94. The standard InChI is InChI=1S/C15H17ClN6.CH4O3S/c1-8-14-12(20-19-8)6-9(7-13(14)21-22-15(17)18)10-4-2-3-5-11(10)16;1-5(2,3)4/h2-5,9H,6-7H2,1H3,(H,19,20)(H4,17,18,22);1H3,(H,2,3,4)/b21-13-;. The molecule has 1 aromatic heterocycles. The molecule has 2 aromatic rings. The van der Waals surface area contributed by atoms with Crippen LogP contribution >= 0.6 is 11.6 Å². The van der Waals surface area contributed by atoms with Crippen molar-refractivity contribution in [2.75, 3.05) is 6.26 Å². The lowest BCUT2D eigenvalue weighted by Gasteiger charge is -2.24. The van der Waals surface area contributed by atoms with E-state index in [4.69, 9.17) is 27.3 Å². The number of H-pyrrole nitrogens is 1. The monoisotopic (exact) mass is 412 g/mol. The molecule has 0 radical (unpaired) electrons. The van der Waals surface area contributed by atoms with Crippen LogP contribution in [0.1, 0.15) is 34.9 Å². The van der Waals surface area contributed by atoms with Crippen LogP contribution < -0.4 is 11.2 Å². The van der Waals surface area contributed by atoms with E-state index in [1.807, 2.05) is 31.2 Å². The average molecular weight is 413 g/mol. The van der Waals surface area contributed by atoms with E-state index in [0.717, 1.165) is 46.1 Å². The Labute approximate surface area is 162 Å². The summed E-state index contributed by atoms with van der Waals surface area (Å²) in [5.74, 6) is 0.0311. The first-order chi connectivity index (χ1) is 12.6. The molecule has 27 heavy (non-hydrogen) atoms. The van der Waals surface area contributed by atoms with E-state index in [-0.39, 0.29) is 11.9 Å². The third-order valence-corrected chi connectivity index (χ3v) is 4.20. The molecular weight excluding hydrogens is 392 g/mol. The molecule has 1 atom stereocenters. The lowest BCUT2D eigenvalue weighted by molar-refractivity contribution is 0.490. The molecule has 0 aliphatic heterocycles. The van der Waals surface area contributed by atoms with Crippen molar-refractivity contribution in [1.29, 1.82) is 5.41 Å². The van der Waals surface area contributed by atoms with Gasteiger partial charge in [-0.1, -0.05) is 29.8 Å². The fourth-order valence-electron chi connectivity index (χ4n) is 2.92. The van der Waals surface area contributed by atoms with E-state index < -0.39 is 10.1 Å². The summed E-state index contributed by atoms with van der Waals surface area (Å²) in [5.41, 5.74) is 12.8. The Bertz CT molecular complexity index is 962. The van der Waals surface area contributed by atoms with E-state index in [9.17, 15) is 8.42 Å². The number of hydrogen-bond acceptors (Lipinski definition) is 5. The van der Waals surface area contributed by atoms with Crippen molar-refractivity contribution in [3.05, 3.63) is 51.8 Å². The smallest absolute Gasteiger partial charge is 0.261 e. The Kier molecular flexibility index (Phi) is 6.58. The zero-order valence-corrected chi connectivity index (χ0v) is 16.4. The zero-order chi connectivity index (χ0) is 20.2. The molecule has 6 N–H and O–H groups in total. The number of benzene rings is 1. The summed E-state index contributed by atoms with van der Waals surface area (Å²) in [6.45, 7) is 1.94. The molecule has 0 amide bonds. The van der Waals surface area contributed by atoms with Gasteiger partial charge >= 0.3 is 0 Å². The van der Waals surface area contributed by atoms with Gasteiger partial charge in [0.05, 0.1) is 17.7 Å². The molecule has 1 aliphatic carbocycles. The van der Waals surface area contributed by atoms with Gasteiger partial charge < -0.3 is 5.73 Å². The molecule has 0 saturated carbocycles. The third-order valence-electron chi connectivity index (χ3n) is 3.86. The van der Waals surface area contributed by atoms with E-state index in [1.165, 1.54) is 0 Å². The number of hydrogen-bond donors (Lipinski definition) is 5. The summed E-state index contributed by atoms with van der Waals surface area (Å²) in [7, 11) is -3.67. The second kappa shape index (κ2) is 8.51. The molecule has 0 fully saturated rings. The molecule has 3 rings (SSSR count). The summed E-state index contributed by atoms with van der Waals surface area (Å²) >= 11 is 6.33. The van der Waals surface area contributed by atoms with Gasteiger partial charge in [-0.2, -0.15) is 18.6 Å². The van der Waals surface area contributed by atoms with Gasteiger partial charge in [0.15, 0.2) is 0 Å². The summed E-state index contributed by atoms with van der Waals surface area (Å²) in [5, 5.41) is 19.7. The Morgan fingerprint density at radius 3 is 2.67 bits per heavy atom. The van der Waals surface area contributed by atoms with Crippen molar-refractivity contribution in [3.8, 4) is 0 Å². The van der Waals surface area contributed by atoms with Crippen LogP contribution in [0.3, 0.4) is 0 Å². The largest absolute Gasteiger partial charge is 0.369 e. The van der Waals surface area contributed by atoms with Gasteiger partial charge in [0.1, 0.15) is 0 Å². The summed E-state index contributed by atoms with van der Waals surface area (Å²) in [6.07, 6.45) is 2.27. The van der Waals surface area contributed by atoms with Gasteiger partial charge in [-0.15, -0.1) is 0 Å². The number of aromatic nitrogens is 2. The Morgan fingerprint density at radius 1 is 1.44 bits per heavy atom. The van der Waals surface area contributed by atoms with Crippen molar-refractivity contribution in [1.82, 2.24) is 15.6 Å². The minimum Gasteiger partial charge on any atom is -0.369 e. The van der Waals surface area contributed by atoms with Crippen molar-refractivity contribution in [2.24, 2.45) is 10.8 Å². The van der Waals surface area contributed by atoms with Crippen molar-refractivity contribution in [2.45, 2.75) is 25.7 Å². The SMILES string of the molecule is CS(=O)(=O)O.Cc1n[nH]c2c1/C(=N\NC(=N)N)CC(c1ccccc1Cl)C2. The maximum absolute atomic E-state index is 9.19. The molecule has 0 bridgehead atoms. The van der Waals surface area contributed by atoms with Crippen LogP contribution in [-0.2, 0) is 16.5 Å². The zero-order valence-electron chi connectivity index (χ0n) is 14.8. The molecule has 11 heteroatoms. The molecule has 146 valence electrons. The van der Waals surface area contributed by atoms with Gasteiger partial charge in [-0.3, -0.25) is 15.1 Å². The van der Waals surface area contributed by atoms with Crippen LogP contribution in [0.2, 0.25) is 5.02 Å². The quantitative estimate of drug-likeness (QED) is 0.219. The number of hydrazone groups is 1. The third kappa shape index (κ3) is 6.05. The minimum atomic E-state index is -3.67. The van der Waals surface area contributed by atoms with E-state index in [0.29, 0.717) is 6.26 Å². The number of aryl methyl sites for hydroxylation is 1. The Hall–Kier alpha value is -2.43. The van der Waals surface area contributed by atoms with Crippen molar-refractivity contribution >= 4 is 33.4 Å². The highest BCUT2D eigenvalue weighted by molar-refractivity contribution is 7.85. The summed E-state index contributed by atoms with van der Waals surface area (Å²) < 4.78 is 25.9. The molecule has 0 spiro atoms. The molecule has 0 saturated heterocycles. The highest BCUT2D eigenvalue weighted by Crippen LogP contribution is 2.36. The van der Waals surface area contributed by atoms with Gasteiger partial charge in [0.25, 0.3) is 10.1 Å². The Balaban J connectivity index is 0.000000465. The maximum Gasteiger partial charge on any atom is 0.261 e. The number of halogens is 1. The second-order valence-electron chi connectivity index (χ2n) is 6.11. The molecule has 1 unspecified atom stereocenters. The number of nitrogens with one attached hydrogen (secondary N) is 3. The number of fused-ring (bicyclic) bond motifs is 1. The number of nitrogens with zero attached hydrogens (tertiary/aromatic N) is 2. The molecule has 9 nitrogen and oxygen atoms in total. The second-order valence-corrected chi connectivity index (χ2v) is 7.98. The van der Waals surface area contributed by atoms with Crippen LogP contribution in [0.25, 0.3) is 0 Å². The molecule has 1 aliphatic rings. The predicted molar refractivity (Wildman–Crippen MR) is 105 cm³/mol. The summed E-state index contributed by atoms with van der Waals surface area (Å²) in [4.78, 5) is 0.